The van der Waals surface area contributed by atoms with Crippen LogP contribution in [-0.2, 0) is 23.0 Å². The van der Waals surface area contributed by atoms with Crippen LogP contribution in [0.5, 0.6) is 0 Å². The molecule has 1 aromatic carbocycles. The van der Waals surface area contributed by atoms with Gasteiger partial charge in [-0.2, -0.15) is 0 Å². The second-order valence-electron chi connectivity index (χ2n) is 5.62. The molecule has 1 N–H and O–H groups in total. The normalized spacial score (nSPS) is 17.0. The Bertz CT molecular complexity index is 569. The molecule has 0 aliphatic carbocycles. The van der Waals surface area contributed by atoms with E-state index in [-0.39, 0.29) is 0 Å². The maximum Gasteiger partial charge on any atom is 0.243 e. The first kappa shape index (κ1) is 15.5. The molecule has 0 bridgehead atoms. The molecule has 0 saturated carbocycles. The number of rotatable bonds is 5. The van der Waals surface area contributed by atoms with E-state index in [1.54, 1.807) is 13.1 Å². The largest absolute Gasteiger partial charge is 0.312 e. The number of hydrogen-bond donors (Lipinski definition) is 1. The third kappa shape index (κ3) is 3.05. The molecule has 0 amide bonds. The van der Waals surface area contributed by atoms with E-state index in [0.717, 1.165) is 37.1 Å². The number of fused-ring (bicyclic) bond motifs is 1. The molecule has 0 saturated heterocycles. The lowest BCUT2D eigenvalue weighted by Gasteiger charge is -2.25. The third-order valence-corrected chi connectivity index (χ3v) is 5.96. The fourth-order valence-corrected chi connectivity index (χ4v) is 4.15. The van der Waals surface area contributed by atoms with E-state index < -0.39 is 10.0 Å². The van der Waals surface area contributed by atoms with Crippen molar-refractivity contribution in [3.63, 3.8) is 0 Å². The van der Waals surface area contributed by atoms with Crippen molar-refractivity contribution < 1.29 is 8.42 Å². The maximum atomic E-state index is 12.8. The molecule has 1 aromatic rings. The Labute approximate surface area is 122 Å². The summed E-state index contributed by atoms with van der Waals surface area (Å²) in [5, 5.41) is 3.28. The molecule has 1 unspecified atom stereocenters. The molecule has 1 aliphatic rings. The minimum atomic E-state index is -3.38. The molecule has 0 fully saturated rings. The van der Waals surface area contributed by atoms with Crippen LogP contribution in [0.25, 0.3) is 0 Å². The molecule has 20 heavy (non-hydrogen) atoms. The Kier molecular flexibility index (Phi) is 4.83. The van der Waals surface area contributed by atoms with Gasteiger partial charge in [0.25, 0.3) is 0 Å². The van der Waals surface area contributed by atoms with Crippen molar-refractivity contribution in [3.05, 3.63) is 29.3 Å². The van der Waals surface area contributed by atoms with Gasteiger partial charge in [-0.25, -0.2) is 12.7 Å². The Morgan fingerprint density at radius 1 is 1.40 bits per heavy atom. The van der Waals surface area contributed by atoms with Crippen LogP contribution in [0, 0.1) is 5.92 Å². The van der Waals surface area contributed by atoms with Crippen LogP contribution in [0.4, 0.5) is 0 Å². The van der Waals surface area contributed by atoms with Gasteiger partial charge in [0.2, 0.25) is 10.0 Å². The summed E-state index contributed by atoms with van der Waals surface area (Å²) in [6, 6.07) is 5.59. The van der Waals surface area contributed by atoms with Crippen molar-refractivity contribution in [1.82, 2.24) is 9.62 Å². The van der Waals surface area contributed by atoms with Gasteiger partial charge in [0.05, 0.1) is 4.90 Å². The average molecular weight is 296 g/mol. The minimum Gasteiger partial charge on any atom is -0.312 e. The second-order valence-corrected chi connectivity index (χ2v) is 7.63. The quantitative estimate of drug-likeness (QED) is 0.904. The van der Waals surface area contributed by atoms with Gasteiger partial charge in [0.15, 0.2) is 0 Å². The molecule has 5 heteroatoms. The summed E-state index contributed by atoms with van der Waals surface area (Å²) >= 11 is 0. The van der Waals surface area contributed by atoms with Crippen LogP contribution in [-0.4, -0.2) is 32.9 Å². The highest BCUT2D eigenvalue weighted by Gasteiger charge is 2.26. The fourth-order valence-electron chi connectivity index (χ4n) is 2.57. The summed E-state index contributed by atoms with van der Waals surface area (Å²) in [5.74, 6) is 0.371. The lowest BCUT2D eigenvalue weighted by Crippen LogP contribution is -2.33. The van der Waals surface area contributed by atoms with E-state index >= 15 is 0 Å². The lowest BCUT2D eigenvalue weighted by atomic mass is 10.0. The van der Waals surface area contributed by atoms with Crippen molar-refractivity contribution >= 4 is 10.0 Å². The summed E-state index contributed by atoms with van der Waals surface area (Å²) in [5.41, 5.74) is 2.09. The van der Waals surface area contributed by atoms with Crippen LogP contribution in [0.1, 0.15) is 31.4 Å². The van der Waals surface area contributed by atoms with Gasteiger partial charge in [-0.15, -0.1) is 0 Å². The monoisotopic (exact) mass is 296 g/mol. The average Bonchev–Trinajstić information content (AvgIpc) is 2.46. The van der Waals surface area contributed by atoms with Crippen molar-refractivity contribution in [3.8, 4) is 0 Å². The van der Waals surface area contributed by atoms with Crippen molar-refractivity contribution in [1.29, 1.82) is 0 Å². The van der Waals surface area contributed by atoms with Crippen LogP contribution >= 0.6 is 0 Å². The molecule has 2 rings (SSSR count). The first-order valence-electron chi connectivity index (χ1n) is 7.24. The number of hydrogen-bond acceptors (Lipinski definition) is 3. The summed E-state index contributed by atoms with van der Waals surface area (Å²) in [6.45, 7) is 6.33. The van der Waals surface area contributed by atoms with Gasteiger partial charge in [0.1, 0.15) is 0 Å². The van der Waals surface area contributed by atoms with Crippen LogP contribution < -0.4 is 5.32 Å². The summed E-state index contributed by atoms with van der Waals surface area (Å²) < 4.78 is 27.0. The number of nitrogens with zero attached hydrogens (tertiary/aromatic N) is 1. The highest BCUT2D eigenvalue weighted by molar-refractivity contribution is 7.89. The molecule has 0 aromatic heterocycles. The van der Waals surface area contributed by atoms with Crippen LogP contribution in [0.3, 0.4) is 0 Å². The standard InChI is InChI=1S/C15H24N2O2S/c1-4-12(2)11-17(3)20(18,19)15-7-5-6-13-10-16-9-8-14(13)15/h5-7,12,16H,4,8-11H2,1-3H3. The van der Waals surface area contributed by atoms with E-state index in [1.165, 1.54) is 4.31 Å². The highest BCUT2D eigenvalue weighted by Crippen LogP contribution is 2.25. The summed E-state index contributed by atoms with van der Waals surface area (Å²) in [6.07, 6.45) is 1.76. The molecule has 1 atom stereocenters. The van der Waals surface area contributed by atoms with Gasteiger partial charge < -0.3 is 5.32 Å². The molecule has 4 nitrogen and oxygen atoms in total. The maximum absolute atomic E-state index is 12.8. The van der Waals surface area contributed by atoms with Crippen molar-refractivity contribution in [2.24, 2.45) is 5.92 Å². The van der Waals surface area contributed by atoms with Gasteiger partial charge in [-0.05, 0) is 36.1 Å². The zero-order chi connectivity index (χ0) is 14.8. The molecule has 0 radical (unpaired) electrons. The Morgan fingerprint density at radius 3 is 2.85 bits per heavy atom. The van der Waals surface area contributed by atoms with Gasteiger partial charge in [-0.1, -0.05) is 32.4 Å². The third-order valence-electron chi connectivity index (χ3n) is 4.05. The Balaban J connectivity index is 2.34. The second kappa shape index (κ2) is 6.24. The zero-order valence-electron chi connectivity index (χ0n) is 12.5. The topological polar surface area (TPSA) is 49.4 Å². The van der Waals surface area contributed by atoms with Gasteiger partial charge in [-0.3, -0.25) is 0 Å². The van der Waals surface area contributed by atoms with E-state index in [1.807, 2.05) is 12.1 Å². The smallest absolute Gasteiger partial charge is 0.243 e. The Hall–Kier alpha value is -0.910. The van der Waals surface area contributed by atoms with E-state index in [0.29, 0.717) is 17.4 Å². The van der Waals surface area contributed by atoms with Crippen molar-refractivity contribution in [2.75, 3.05) is 20.1 Å². The minimum absolute atomic E-state index is 0.371. The van der Waals surface area contributed by atoms with Crippen LogP contribution in [0.15, 0.2) is 23.1 Å². The van der Waals surface area contributed by atoms with Crippen LogP contribution in [0.2, 0.25) is 0 Å². The SMILES string of the molecule is CCC(C)CN(C)S(=O)(=O)c1cccc2c1CCNC2. The molecule has 112 valence electrons. The summed E-state index contributed by atoms with van der Waals surface area (Å²) in [7, 11) is -1.70. The summed E-state index contributed by atoms with van der Waals surface area (Å²) in [4.78, 5) is 0.488. The number of benzene rings is 1. The molecule has 0 spiro atoms. The Morgan fingerprint density at radius 2 is 2.15 bits per heavy atom. The zero-order valence-corrected chi connectivity index (χ0v) is 13.3. The van der Waals surface area contributed by atoms with E-state index in [9.17, 15) is 8.42 Å². The van der Waals surface area contributed by atoms with Crippen molar-refractivity contribution in [2.45, 2.75) is 38.1 Å². The molecule has 1 aliphatic heterocycles. The molecule has 1 heterocycles. The lowest BCUT2D eigenvalue weighted by molar-refractivity contribution is 0.393. The first-order valence-corrected chi connectivity index (χ1v) is 8.68. The van der Waals surface area contributed by atoms with Gasteiger partial charge >= 0.3 is 0 Å². The number of nitrogens with one attached hydrogen (secondary N) is 1. The van der Waals surface area contributed by atoms with E-state index in [4.69, 9.17) is 0 Å². The number of sulfonamides is 1. The predicted molar refractivity (Wildman–Crippen MR) is 81.1 cm³/mol. The molecular weight excluding hydrogens is 272 g/mol. The van der Waals surface area contributed by atoms with Gasteiger partial charge in [0, 0.05) is 20.1 Å². The fraction of sp³-hybridized carbons (Fsp3) is 0.600. The molecular formula is C15H24N2O2S. The predicted octanol–water partition coefficient (Wildman–Crippen LogP) is 2.00. The highest BCUT2D eigenvalue weighted by atomic mass is 32.2. The first-order chi connectivity index (χ1) is 9.46. The van der Waals surface area contributed by atoms with E-state index in [2.05, 4.69) is 19.2 Å².